The highest BCUT2D eigenvalue weighted by atomic mass is 79.9. The summed E-state index contributed by atoms with van der Waals surface area (Å²) in [6.07, 6.45) is 1.79. The van der Waals surface area contributed by atoms with Gasteiger partial charge in [-0.3, -0.25) is 0 Å². The van der Waals surface area contributed by atoms with E-state index < -0.39 is 0 Å². The fourth-order valence-electron chi connectivity index (χ4n) is 2.22. The first-order valence-corrected chi connectivity index (χ1v) is 9.12. The predicted molar refractivity (Wildman–Crippen MR) is 99.3 cm³/mol. The van der Waals surface area contributed by atoms with Crippen molar-refractivity contribution in [3.8, 4) is 11.4 Å². The highest BCUT2D eigenvalue weighted by Crippen LogP contribution is 2.25. The molecule has 6 heteroatoms. The maximum atomic E-state index is 13.3. The van der Waals surface area contributed by atoms with Crippen LogP contribution in [-0.2, 0) is 12.3 Å². The third kappa shape index (κ3) is 4.13. The van der Waals surface area contributed by atoms with Crippen molar-refractivity contribution >= 4 is 27.7 Å². The van der Waals surface area contributed by atoms with Crippen LogP contribution in [0.1, 0.15) is 5.56 Å². The summed E-state index contributed by atoms with van der Waals surface area (Å²) >= 11 is 4.92. The van der Waals surface area contributed by atoms with Gasteiger partial charge in [0.2, 0.25) is 5.16 Å². The quantitative estimate of drug-likeness (QED) is 0.411. The molecule has 0 aliphatic heterocycles. The molecule has 24 heavy (non-hydrogen) atoms. The maximum Gasteiger partial charge on any atom is 0.209 e. The van der Waals surface area contributed by atoms with E-state index in [-0.39, 0.29) is 5.82 Å². The molecule has 0 aliphatic rings. The number of hydrogen-bond acceptors (Lipinski definition) is 3. The molecule has 0 bridgehead atoms. The van der Waals surface area contributed by atoms with Crippen LogP contribution in [-0.4, -0.2) is 14.8 Å². The maximum absolute atomic E-state index is 13.3. The number of thioether (sulfide) groups is 1. The first-order chi connectivity index (χ1) is 11.7. The number of rotatable bonds is 6. The largest absolute Gasteiger partial charge is 0.241 e. The van der Waals surface area contributed by atoms with Crippen LogP contribution in [0, 0.1) is 5.82 Å². The zero-order chi connectivity index (χ0) is 16.9. The molecular weight excluding hydrogens is 389 g/mol. The van der Waals surface area contributed by atoms with E-state index in [1.54, 1.807) is 12.1 Å². The molecule has 2 aromatic carbocycles. The normalized spacial score (nSPS) is 10.8. The summed E-state index contributed by atoms with van der Waals surface area (Å²) in [6.45, 7) is 4.36. The molecule has 3 rings (SSSR count). The van der Waals surface area contributed by atoms with Gasteiger partial charge in [0, 0.05) is 15.8 Å². The van der Waals surface area contributed by atoms with Crippen LogP contribution < -0.4 is 0 Å². The number of hydrogen-bond donors (Lipinski definition) is 0. The molecule has 3 nitrogen and oxygen atoms in total. The van der Waals surface area contributed by atoms with Gasteiger partial charge in [-0.2, -0.15) is 0 Å². The zero-order valence-electron chi connectivity index (χ0n) is 12.8. The minimum Gasteiger partial charge on any atom is -0.241 e. The van der Waals surface area contributed by atoms with Gasteiger partial charge in [0.1, 0.15) is 5.82 Å². The lowest BCUT2D eigenvalue weighted by molar-refractivity contribution is 0.626. The van der Waals surface area contributed by atoms with Gasteiger partial charge in [-0.15, -0.1) is 11.7 Å². The Morgan fingerprint density at radius 3 is 2.71 bits per heavy atom. The van der Waals surface area contributed by atoms with Crippen molar-refractivity contribution in [3.63, 3.8) is 0 Å². The van der Waals surface area contributed by atoms with E-state index in [9.17, 15) is 4.39 Å². The van der Waals surface area contributed by atoms with Crippen LogP contribution in [0.15, 0.2) is 70.8 Å². The summed E-state index contributed by atoms with van der Waals surface area (Å²) in [5, 5.41) is 5.19. The Labute approximate surface area is 152 Å². The highest BCUT2D eigenvalue weighted by Gasteiger charge is 2.12. The molecule has 1 heterocycles. The minimum absolute atomic E-state index is 0.228. The average molecular weight is 404 g/mol. The fourth-order valence-corrected chi connectivity index (χ4v) is 3.27. The van der Waals surface area contributed by atoms with Crippen molar-refractivity contribution in [2.75, 3.05) is 0 Å². The summed E-state index contributed by atoms with van der Waals surface area (Å²) in [7, 11) is 0. The smallest absolute Gasteiger partial charge is 0.209 e. The molecule has 122 valence electrons. The molecule has 0 fully saturated rings. The second-order valence-electron chi connectivity index (χ2n) is 5.11. The van der Waals surface area contributed by atoms with E-state index in [1.165, 1.54) is 23.9 Å². The van der Waals surface area contributed by atoms with Crippen LogP contribution in [0.3, 0.4) is 0 Å². The lowest BCUT2D eigenvalue weighted by Gasteiger charge is -2.02. The number of allylic oxidation sites excluding steroid dienone is 1. The Morgan fingerprint density at radius 2 is 2.00 bits per heavy atom. The highest BCUT2D eigenvalue weighted by molar-refractivity contribution is 9.10. The summed E-state index contributed by atoms with van der Waals surface area (Å²) in [4.78, 5) is 4.62. The Kier molecular flexibility index (Phi) is 5.48. The Balaban J connectivity index is 1.82. The topological polar surface area (TPSA) is 30.7 Å². The first-order valence-electron chi connectivity index (χ1n) is 7.34. The molecule has 0 saturated heterocycles. The van der Waals surface area contributed by atoms with Crippen molar-refractivity contribution in [3.05, 3.63) is 77.0 Å². The van der Waals surface area contributed by atoms with Gasteiger partial charge in [0.05, 0.1) is 6.54 Å². The number of halogens is 2. The Bertz CT molecular complexity index is 846. The molecule has 0 aliphatic carbocycles. The molecule has 0 unspecified atom stereocenters. The Morgan fingerprint density at radius 1 is 1.21 bits per heavy atom. The average Bonchev–Trinajstić information content (AvgIpc) is 2.97. The van der Waals surface area contributed by atoms with Gasteiger partial charge in [-0.25, -0.2) is 14.1 Å². The lowest BCUT2D eigenvalue weighted by Crippen LogP contribution is -2.00. The molecular formula is C18H15BrFN3S. The molecule has 0 atom stereocenters. The van der Waals surface area contributed by atoms with Crippen molar-refractivity contribution in [1.29, 1.82) is 0 Å². The summed E-state index contributed by atoms with van der Waals surface area (Å²) in [5.41, 5.74) is 1.90. The third-order valence-corrected chi connectivity index (χ3v) is 4.75. The monoisotopic (exact) mass is 403 g/mol. The molecule has 0 amide bonds. The van der Waals surface area contributed by atoms with Crippen LogP contribution in [0.25, 0.3) is 11.4 Å². The zero-order valence-corrected chi connectivity index (χ0v) is 15.2. The minimum atomic E-state index is -0.228. The molecule has 1 aromatic heterocycles. The summed E-state index contributed by atoms with van der Waals surface area (Å²) in [6, 6.07) is 14.5. The van der Waals surface area contributed by atoms with Crippen LogP contribution in [0.4, 0.5) is 4.39 Å². The number of benzene rings is 2. The standard InChI is InChI=1S/C18H15BrFN3S/c1-2-10-23-17(14-6-8-15(19)9-7-14)21-18(22-23)24-12-13-4-3-5-16(20)11-13/h2-9,11H,1,10,12H2. The predicted octanol–water partition coefficient (Wildman–Crippen LogP) is 5.33. The molecule has 0 N–H and O–H groups in total. The van der Waals surface area contributed by atoms with Crippen LogP contribution in [0.2, 0.25) is 0 Å². The SMILES string of the molecule is C=CCn1nc(SCc2cccc(F)c2)nc1-c1ccc(Br)cc1. The molecule has 0 radical (unpaired) electrons. The molecule has 0 saturated carbocycles. The van der Waals surface area contributed by atoms with Crippen molar-refractivity contribution in [2.24, 2.45) is 0 Å². The van der Waals surface area contributed by atoms with Crippen LogP contribution >= 0.6 is 27.7 Å². The van der Waals surface area contributed by atoms with Crippen molar-refractivity contribution in [2.45, 2.75) is 17.5 Å². The van der Waals surface area contributed by atoms with E-state index in [0.29, 0.717) is 17.5 Å². The summed E-state index contributed by atoms with van der Waals surface area (Å²) < 4.78 is 16.1. The fraction of sp³-hybridized carbons (Fsp3) is 0.111. The second kappa shape index (κ2) is 7.77. The van der Waals surface area contributed by atoms with E-state index in [1.807, 2.05) is 35.0 Å². The van der Waals surface area contributed by atoms with E-state index in [2.05, 4.69) is 32.6 Å². The third-order valence-electron chi connectivity index (χ3n) is 3.31. The van der Waals surface area contributed by atoms with Crippen molar-refractivity contribution < 1.29 is 4.39 Å². The lowest BCUT2D eigenvalue weighted by atomic mass is 10.2. The van der Waals surface area contributed by atoms with Gasteiger partial charge in [0.25, 0.3) is 0 Å². The van der Waals surface area contributed by atoms with Gasteiger partial charge >= 0.3 is 0 Å². The Hall–Kier alpha value is -1.92. The van der Waals surface area contributed by atoms with Crippen LogP contribution in [0.5, 0.6) is 0 Å². The molecule has 3 aromatic rings. The first kappa shape index (κ1) is 16.9. The van der Waals surface area contributed by atoms with Gasteiger partial charge < -0.3 is 0 Å². The second-order valence-corrected chi connectivity index (χ2v) is 6.97. The number of aromatic nitrogens is 3. The van der Waals surface area contributed by atoms with E-state index in [4.69, 9.17) is 0 Å². The van der Waals surface area contributed by atoms with E-state index in [0.717, 1.165) is 21.4 Å². The number of nitrogens with zero attached hydrogens (tertiary/aromatic N) is 3. The molecule has 0 spiro atoms. The van der Waals surface area contributed by atoms with E-state index >= 15 is 0 Å². The van der Waals surface area contributed by atoms with Crippen molar-refractivity contribution in [1.82, 2.24) is 14.8 Å². The van der Waals surface area contributed by atoms with Gasteiger partial charge in [-0.1, -0.05) is 58.0 Å². The van der Waals surface area contributed by atoms with Gasteiger partial charge in [0.15, 0.2) is 5.82 Å². The summed E-state index contributed by atoms with van der Waals surface area (Å²) in [5.74, 6) is 1.19. The van der Waals surface area contributed by atoms with Gasteiger partial charge in [-0.05, 0) is 29.8 Å².